The summed E-state index contributed by atoms with van der Waals surface area (Å²) in [5.74, 6) is -0.304. The third kappa shape index (κ3) is 3.55. The number of likely N-dealkylation sites (tertiary alicyclic amines) is 1. The first kappa shape index (κ1) is 18.0. The number of hydrogen-bond donors (Lipinski definition) is 1. The fourth-order valence-electron chi connectivity index (χ4n) is 3.66. The largest absolute Gasteiger partial charge is 0.368 e. The van der Waals surface area contributed by atoms with Crippen molar-refractivity contribution in [3.05, 3.63) is 72.1 Å². The maximum atomic E-state index is 13.8. The van der Waals surface area contributed by atoms with Crippen LogP contribution in [0.2, 0.25) is 0 Å². The predicted molar refractivity (Wildman–Crippen MR) is 104 cm³/mol. The summed E-state index contributed by atoms with van der Waals surface area (Å²) >= 11 is 0. The van der Waals surface area contributed by atoms with E-state index in [1.54, 1.807) is 42.9 Å². The molecule has 3 heterocycles. The highest BCUT2D eigenvalue weighted by atomic mass is 19.1. The van der Waals surface area contributed by atoms with Gasteiger partial charge in [-0.25, -0.2) is 14.4 Å². The maximum Gasteiger partial charge on any atom is 0.255 e. The quantitative estimate of drug-likeness (QED) is 0.753. The molecular formula is C21H20FN5O. The summed E-state index contributed by atoms with van der Waals surface area (Å²) in [6, 6.07) is 9.51. The van der Waals surface area contributed by atoms with E-state index in [4.69, 9.17) is 5.73 Å². The van der Waals surface area contributed by atoms with E-state index in [2.05, 4.69) is 15.0 Å². The number of nitrogens with zero attached hydrogens (tertiary/aromatic N) is 4. The molecule has 0 aliphatic carbocycles. The van der Waals surface area contributed by atoms with Crippen LogP contribution in [0.3, 0.4) is 0 Å². The Hall–Kier alpha value is -3.35. The summed E-state index contributed by atoms with van der Waals surface area (Å²) < 4.78 is 13.8. The van der Waals surface area contributed by atoms with Gasteiger partial charge in [0.1, 0.15) is 5.82 Å². The summed E-state index contributed by atoms with van der Waals surface area (Å²) in [5.41, 5.74) is 8.39. The van der Waals surface area contributed by atoms with Crippen LogP contribution >= 0.6 is 0 Å². The Labute approximate surface area is 162 Å². The van der Waals surface area contributed by atoms with Gasteiger partial charge in [-0.1, -0.05) is 12.1 Å². The molecule has 28 heavy (non-hydrogen) atoms. The van der Waals surface area contributed by atoms with Crippen molar-refractivity contribution in [2.75, 3.05) is 12.3 Å². The molecule has 6 nitrogen and oxygen atoms in total. The Morgan fingerprint density at radius 3 is 2.86 bits per heavy atom. The van der Waals surface area contributed by atoms with E-state index in [0.29, 0.717) is 28.9 Å². The molecule has 0 spiro atoms. The lowest BCUT2D eigenvalue weighted by Gasteiger charge is -2.36. The lowest BCUT2D eigenvalue weighted by Crippen LogP contribution is -2.39. The van der Waals surface area contributed by atoms with E-state index in [1.807, 2.05) is 4.90 Å². The number of piperidine rings is 1. The summed E-state index contributed by atoms with van der Waals surface area (Å²) in [6.07, 6.45) is 7.44. The van der Waals surface area contributed by atoms with Crippen LogP contribution < -0.4 is 5.73 Å². The molecule has 142 valence electrons. The molecule has 1 saturated heterocycles. The third-order valence-electron chi connectivity index (χ3n) is 4.96. The van der Waals surface area contributed by atoms with Gasteiger partial charge in [-0.05, 0) is 49.1 Å². The number of aromatic nitrogens is 3. The second-order valence-electron chi connectivity index (χ2n) is 6.79. The Kier molecular flexibility index (Phi) is 4.97. The molecule has 2 N–H and O–H groups in total. The molecule has 0 radical (unpaired) electrons. The van der Waals surface area contributed by atoms with Crippen molar-refractivity contribution in [1.82, 2.24) is 19.9 Å². The van der Waals surface area contributed by atoms with Crippen LogP contribution in [0.25, 0.3) is 11.1 Å². The van der Waals surface area contributed by atoms with E-state index in [1.165, 1.54) is 12.1 Å². The van der Waals surface area contributed by atoms with Gasteiger partial charge in [-0.2, -0.15) is 0 Å². The van der Waals surface area contributed by atoms with Crippen LogP contribution in [0.15, 0.2) is 55.0 Å². The van der Waals surface area contributed by atoms with Crippen molar-refractivity contribution in [3.8, 4) is 11.1 Å². The second-order valence-corrected chi connectivity index (χ2v) is 6.79. The minimum atomic E-state index is -0.341. The van der Waals surface area contributed by atoms with Crippen molar-refractivity contribution in [1.29, 1.82) is 0 Å². The molecule has 2 aromatic heterocycles. The number of carbonyl (C=O) groups excluding carboxylic acids is 1. The van der Waals surface area contributed by atoms with Gasteiger partial charge >= 0.3 is 0 Å². The van der Waals surface area contributed by atoms with Crippen LogP contribution in [0.5, 0.6) is 0 Å². The Balaban J connectivity index is 1.78. The zero-order valence-corrected chi connectivity index (χ0v) is 15.3. The van der Waals surface area contributed by atoms with Crippen molar-refractivity contribution in [3.63, 3.8) is 0 Å². The normalized spacial score (nSPS) is 16.8. The van der Waals surface area contributed by atoms with Crippen molar-refractivity contribution < 1.29 is 9.18 Å². The molecule has 1 fully saturated rings. The third-order valence-corrected chi connectivity index (χ3v) is 4.96. The van der Waals surface area contributed by atoms with Crippen molar-refractivity contribution in [2.24, 2.45) is 0 Å². The monoisotopic (exact) mass is 377 g/mol. The van der Waals surface area contributed by atoms with Crippen LogP contribution in [-0.4, -0.2) is 32.3 Å². The number of nitrogen functional groups attached to an aromatic ring is 1. The van der Waals surface area contributed by atoms with Crippen molar-refractivity contribution >= 4 is 11.9 Å². The van der Waals surface area contributed by atoms with E-state index >= 15 is 0 Å². The summed E-state index contributed by atoms with van der Waals surface area (Å²) in [6.45, 7) is 0.616. The molecule has 0 bridgehead atoms. The predicted octanol–water partition coefficient (Wildman–Crippen LogP) is 3.63. The number of rotatable bonds is 3. The zero-order chi connectivity index (χ0) is 19.5. The van der Waals surface area contributed by atoms with Crippen LogP contribution in [-0.2, 0) is 0 Å². The number of carbonyl (C=O) groups is 1. The Morgan fingerprint density at radius 1 is 1.18 bits per heavy atom. The fraction of sp³-hybridized carbons (Fsp3) is 0.238. The van der Waals surface area contributed by atoms with Gasteiger partial charge in [0.25, 0.3) is 5.91 Å². The standard InChI is InChI=1S/C21H20FN5O/c22-16-7-3-5-14(11-16)17-13-25-21(23)26-19(17)18-8-1-2-10-27(18)20(28)15-6-4-9-24-12-15/h3-7,9,11-13,18H,1-2,8,10H2,(H2,23,25,26)/t18-/m0/s1. The molecule has 0 unspecified atom stereocenters. The molecule has 1 amide bonds. The minimum absolute atomic E-state index is 0.0971. The average Bonchev–Trinajstić information content (AvgIpc) is 2.74. The summed E-state index contributed by atoms with van der Waals surface area (Å²) in [5, 5.41) is 0. The number of hydrogen-bond acceptors (Lipinski definition) is 5. The van der Waals surface area contributed by atoms with Crippen molar-refractivity contribution in [2.45, 2.75) is 25.3 Å². The topological polar surface area (TPSA) is 85.0 Å². The lowest BCUT2D eigenvalue weighted by molar-refractivity contribution is 0.0606. The smallest absolute Gasteiger partial charge is 0.255 e. The van der Waals surface area contributed by atoms with Gasteiger partial charge in [0.15, 0.2) is 0 Å². The number of amides is 1. The van der Waals surface area contributed by atoms with Gasteiger partial charge in [-0.3, -0.25) is 9.78 Å². The number of nitrogens with two attached hydrogens (primary N) is 1. The van der Waals surface area contributed by atoms with E-state index in [0.717, 1.165) is 19.3 Å². The highest BCUT2D eigenvalue weighted by molar-refractivity contribution is 5.94. The number of pyridine rings is 1. The number of halogens is 1. The molecule has 0 saturated carbocycles. The van der Waals surface area contributed by atoms with Gasteiger partial charge in [0.2, 0.25) is 5.95 Å². The molecular weight excluding hydrogens is 357 g/mol. The van der Waals surface area contributed by atoms with Gasteiger partial charge in [-0.15, -0.1) is 0 Å². The van der Waals surface area contributed by atoms with Crippen LogP contribution in [0.4, 0.5) is 10.3 Å². The van der Waals surface area contributed by atoms with Gasteiger partial charge < -0.3 is 10.6 Å². The Morgan fingerprint density at radius 2 is 2.07 bits per heavy atom. The summed E-state index contributed by atoms with van der Waals surface area (Å²) in [4.78, 5) is 27.5. The average molecular weight is 377 g/mol. The first-order valence-electron chi connectivity index (χ1n) is 9.23. The van der Waals surface area contributed by atoms with Crippen LogP contribution in [0.1, 0.15) is 41.4 Å². The fourth-order valence-corrected chi connectivity index (χ4v) is 3.66. The van der Waals surface area contributed by atoms with Crippen LogP contribution in [0, 0.1) is 5.82 Å². The highest BCUT2D eigenvalue weighted by Gasteiger charge is 2.32. The molecule has 1 aromatic carbocycles. The second kappa shape index (κ2) is 7.72. The SMILES string of the molecule is Nc1ncc(-c2cccc(F)c2)c([C@@H]2CCCCN2C(=O)c2cccnc2)n1. The Bertz CT molecular complexity index is 995. The van der Waals surface area contributed by atoms with E-state index in [-0.39, 0.29) is 23.7 Å². The van der Waals surface area contributed by atoms with Gasteiger partial charge in [0, 0.05) is 30.7 Å². The lowest BCUT2D eigenvalue weighted by atomic mass is 9.93. The van der Waals surface area contributed by atoms with E-state index in [9.17, 15) is 9.18 Å². The molecule has 1 aliphatic rings. The zero-order valence-electron chi connectivity index (χ0n) is 15.3. The molecule has 7 heteroatoms. The number of anilines is 1. The van der Waals surface area contributed by atoms with Gasteiger partial charge in [0.05, 0.1) is 17.3 Å². The molecule has 1 atom stereocenters. The van der Waals surface area contributed by atoms with E-state index < -0.39 is 0 Å². The highest BCUT2D eigenvalue weighted by Crippen LogP contribution is 2.36. The minimum Gasteiger partial charge on any atom is -0.368 e. The first-order chi connectivity index (χ1) is 13.6. The molecule has 4 rings (SSSR count). The first-order valence-corrected chi connectivity index (χ1v) is 9.23. The summed E-state index contributed by atoms with van der Waals surface area (Å²) in [7, 11) is 0. The molecule has 3 aromatic rings. The number of benzene rings is 1. The maximum absolute atomic E-state index is 13.8. The molecule has 1 aliphatic heterocycles.